The molecule has 28 heavy (non-hydrogen) atoms. The normalized spacial score (nSPS) is 15.5. The zero-order chi connectivity index (χ0) is 19.5. The van der Waals surface area contributed by atoms with Gasteiger partial charge in [-0.2, -0.15) is 5.11 Å². The molecule has 0 saturated carbocycles. The molecular formula is C23H29N4O+. The molecule has 1 N–H and O–H groups in total. The molecule has 5 nitrogen and oxygen atoms in total. The predicted octanol–water partition coefficient (Wildman–Crippen LogP) is 4.48. The van der Waals surface area contributed by atoms with Gasteiger partial charge in [0.1, 0.15) is 18.0 Å². The van der Waals surface area contributed by atoms with Crippen LogP contribution in [0.2, 0.25) is 0 Å². The second kappa shape index (κ2) is 8.15. The number of nitrogens with zero attached hydrogens (tertiary/aromatic N) is 3. The molecule has 1 fully saturated rings. The van der Waals surface area contributed by atoms with E-state index in [9.17, 15) is 0 Å². The second-order valence-corrected chi connectivity index (χ2v) is 7.69. The number of hydrogen-bond donors (Lipinski definition) is 1. The van der Waals surface area contributed by atoms with Crippen LogP contribution in [0.25, 0.3) is 10.9 Å². The zero-order valence-electron chi connectivity index (χ0n) is 17.0. The molecule has 2 heterocycles. The van der Waals surface area contributed by atoms with Gasteiger partial charge in [-0.3, -0.25) is 0 Å². The molecule has 146 valence electrons. The summed E-state index contributed by atoms with van der Waals surface area (Å²) in [7, 11) is 3.78. The minimum absolute atomic E-state index is 0.826. The van der Waals surface area contributed by atoms with E-state index in [0.29, 0.717) is 0 Å². The van der Waals surface area contributed by atoms with Gasteiger partial charge in [-0.1, -0.05) is 12.1 Å². The van der Waals surface area contributed by atoms with Crippen LogP contribution in [0.5, 0.6) is 5.75 Å². The Kier molecular flexibility index (Phi) is 5.44. The van der Waals surface area contributed by atoms with E-state index in [0.717, 1.165) is 29.4 Å². The van der Waals surface area contributed by atoms with Crippen LogP contribution in [0.3, 0.4) is 0 Å². The average Bonchev–Trinajstić information content (AvgIpc) is 2.99. The van der Waals surface area contributed by atoms with Crippen LogP contribution in [-0.4, -0.2) is 24.8 Å². The number of aromatic nitrogens is 1. The van der Waals surface area contributed by atoms with Crippen molar-refractivity contribution in [2.45, 2.75) is 32.7 Å². The lowest BCUT2D eigenvalue weighted by Crippen LogP contribution is -3.11. The van der Waals surface area contributed by atoms with Gasteiger partial charge in [-0.05, 0) is 56.5 Å². The summed E-state index contributed by atoms with van der Waals surface area (Å²) in [6, 6.07) is 14.3. The van der Waals surface area contributed by atoms with Crippen LogP contribution >= 0.6 is 0 Å². The largest absolute Gasteiger partial charge is 0.497 e. The number of hydrogen-bond acceptors (Lipinski definition) is 3. The van der Waals surface area contributed by atoms with Crippen molar-refractivity contribution in [3.8, 4) is 5.75 Å². The fraction of sp³-hybridized carbons (Fsp3) is 0.391. The quantitative estimate of drug-likeness (QED) is 0.655. The second-order valence-electron chi connectivity index (χ2n) is 7.69. The van der Waals surface area contributed by atoms with Crippen molar-refractivity contribution in [3.05, 3.63) is 53.7 Å². The summed E-state index contributed by atoms with van der Waals surface area (Å²) in [6.45, 7) is 5.72. The van der Waals surface area contributed by atoms with E-state index in [2.05, 4.69) is 47.0 Å². The minimum atomic E-state index is 0.826. The van der Waals surface area contributed by atoms with Crippen molar-refractivity contribution in [1.82, 2.24) is 4.57 Å². The first kappa shape index (κ1) is 18.7. The van der Waals surface area contributed by atoms with Gasteiger partial charge in [0, 0.05) is 23.7 Å². The molecule has 1 saturated heterocycles. The van der Waals surface area contributed by atoms with E-state index < -0.39 is 0 Å². The van der Waals surface area contributed by atoms with E-state index in [1.54, 1.807) is 12.0 Å². The smallest absolute Gasteiger partial charge is 0.119 e. The Balaban J connectivity index is 1.71. The van der Waals surface area contributed by atoms with E-state index >= 15 is 0 Å². The van der Waals surface area contributed by atoms with Crippen molar-refractivity contribution in [3.63, 3.8) is 0 Å². The van der Waals surface area contributed by atoms with E-state index in [-0.39, 0.29) is 0 Å². The lowest BCUT2D eigenvalue weighted by atomic mass is 10.1. The van der Waals surface area contributed by atoms with Crippen LogP contribution < -0.4 is 9.64 Å². The highest BCUT2D eigenvalue weighted by Gasteiger charge is 2.20. The van der Waals surface area contributed by atoms with Gasteiger partial charge in [-0.25, -0.2) is 0 Å². The molecule has 4 rings (SSSR count). The van der Waals surface area contributed by atoms with E-state index in [1.165, 1.54) is 48.8 Å². The van der Waals surface area contributed by atoms with Crippen molar-refractivity contribution in [2.24, 2.45) is 17.3 Å². The molecule has 0 aliphatic carbocycles. The molecule has 1 aliphatic heterocycles. The van der Waals surface area contributed by atoms with Crippen LogP contribution in [0.4, 0.5) is 11.4 Å². The van der Waals surface area contributed by atoms with E-state index in [4.69, 9.17) is 4.74 Å². The van der Waals surface area contributed by atoms with Crippen molar-refractivity contribution >= 4 is 22.3 Å². The Morgan fingerprint density at radius 2 is 1.75 bits per heavy atom. The molecule has 0 spiro atoms. The molecular weight excluding hydrogens is 348 g/mol. The Morgan fingerprint density at radius 1 is 1.00 bits per heavy atom. The summed E-state index contributed by atoms with van der Waals surface area (Å²) < 4.78 is 7.45. The lowest BCUT2D eigenvalue weighted by molar-refractivity contribution is -0.918. The summed E-state index contributed by atoms with van der Waals surface area (Å²) in [6.07, 6.45) is 4.05. The number of benzene rings is 2. The molecule has 0 radical (unpaired) electrons. The molecule has 0 unspecified atom stereocenters. The van der Waals surface area contributed by atoms with Gasteiger partial charge in [0.2, 0.25) is 0 Å². The first-order valence-electron chi connectivity index (χ1n) is 10.1. The number of azo groups is 1. The molecule has 1 aliphatic rings. The maximum absolute atomic E-state index is 5.22. The van der Waals surface area contributed by atoms with Crippen molar-refractivity contribution in [2.75, 3.05) is 20.2 Å². The van der Waals surface area contributed by atoms with Crippen LogP contribution in [0.15, 0.2) is 52.7 Å². The summed E-state index contributed by atoms with van der Waals surface area (Å²) in [5.74, 6) is 0.826. The molecule has 2 aromatic carbocycles. The number of methoxy groups -OCH3 is 1. The number of ether oxygens (including phenoxy) is 1. The Labute approximate surface area is 166 Å². The van der Waals surface area contributed by atoms with Gasteiger partial charge in [0.15, 0.2) is 0 Å². The third-order valence-electron chi connectivity index (χ3n) is 5.91. The molecule has 0 atom stereocenters. The highest BCUT2D eigenvalue weighted by Crippen LogP contribution is 2.36. The van der Waals surface area contributed by atoms with E-state index in [1.807, 2.05) is 24.3 Å². The maximum Gasteiger partial charge on any atom is 0.119 e. The molecule has 0 amide bonds. The Morgan fingerprint density at radius 3 is 2.46 bits per heavy atom. The summed E-state index contributed by atoms with van der Waals surface area (Å²) in [5, 5.41) is 10.4. The van der Waals surface area contributed by atoms with Gasteiger partial charge in [-0.15, -0.1) is 5.11 Å². The third kappa shape index (κ3) is 3.67. The number of nitrogens with one attached hydrogen (secondary N) is 1. The van der Waals surface area contributed by atoms with Gasteiger partial charge >= 0.3 is 0 Å². The number of fused-ring (bicyclic) bond motifs is 1. The predicted molar refractivity (Wildman–Crippen MR) is 113 cm³/mol. The summed E-state index contributed by atoms with van der Waals surface area (Å²) >= 11 is 0. The molecule has 3 aromatic rings. The first-order valence-corrected chi connectivity index (χ1v) is 10.1. The van der Waals surface area contributed by atoms with Gasteiger partial charge < -0.3 is 14.2 Å². The number of quaternary nitrogens is 1. The topological polar surface area (TPSA) is 43.3 Å². The molecule has 5 heteroatoms. The standard InChI is InChI=1S/C23H28N4O/c1-17-23(25-24-19-10-12-20(28-3)13-11-19)22-18(8-7-9-21(22)26(17)2)16-27-14-5-4-6-15-27/h7-13H,4-6,14-16H2,1-3H3/p+1. The molecule has 1 aromatic heterocycles. The Hall–Kier alpha value is -2.66. The van der Waals surface area contributed by atoms with Gasteiger partial charge in [0.05, 0.1) is 31.4 Å². The van der Waals surface area contributed by atoms with Gasteiger partial charge in [0.25, 0.3) is 0 Å². The summed E-state index contributed by atoms with van der Waals surface area (Å²) in [5.41, 5.74) is 5.57. The highest BCUT2D eigenvalue weighted by molar-refractivity contribution is 5.96. The van der Waals surface area contributed by atoms with Crippen molar-refractivity contribution < 1.29 is 9.64 Å². The number of aryl methyl sites for hydroxylation is 1. The highest BCUT2D eigenvalue weighted by atomic mass is 16.5. The molecule has 0 bridgehead atoms. The van der Waals surface area contributed by atoms with Crippen molar-refractivity contribution in [1.29, 1.82) is 0 Å². The lowest BCUT2D eigenvalue weighted by Gasteiger charge is -2.23. The minimum Gasteiger partial charge on any atom is -0.497 e. The maximum atomic E-state index is 5.22. The number of piperidine rings is 1. The Bertz CT molecular complexity index is 982. The number of likely N-dealkylation sites (tertiary alicyclic amines) is 1. The van der Waals surface area contributed by atoms with Crippen LogP contribution in [-0.2, 0) is 13.6 Å². The van der Waals surface area contributed by atoms with Crippen LogP contribution in [0, 0.1) is 6.92 Å². The summed E-state index contributed by atoms with van der Waals surface area (Å²) in [4.78, 5) is 1.68. The SMILES string of the molecule is COc1ccc(N=Nc2c(C)n(C)c3cccc(C[NH+]4CCCCC4)c23)cc1. The fourth-order valence-electron chi connectivity index (χ4n) is 4.18. The monoisotopic (exact) mass is 377 g/mol. The first-order chi connectivity index (χ1) is 13.7. The number of rotatable bonds is 5. The third-order valence-corrected chi connectivity index (χ3v) is 5.91. The average molecular weight is 378 g/mol. The fourth-order valence-corrected chi connectivity index (χ4v) is 4.18. The van der Waals surface area contributed by atoms with Crippen LogP contribution in [0.1, 0.15) is 30.5 Å². The zero-order valence-corrected chi connectivity index (χ0v) is 17.0.